The van der Waals surface area contributed by atoms with E-state index in [-0.39, 0.29) is 24.8 Å². The van der Waals surface area contributed by atoms with E-state index in [2.05, 4.69) is 31.2 Å². The van der Waals surface area contributed by atoms with E-state index in [0.29, 0.717) is 0 Å². The minimum atomic E-state index is 0. The van der Waals surface area contributed by atoms with Gasteiger partial charge < -0.3 is 0 Å². The summed E-state index contributed by atoms with van der Waals surface area (Å²) in [5.41, 5.74) is 1.43. The maximum atomic E-state index is 2.18. The first-order chi connectivity index (χ1) is 3.80. The molecule has 0 heterocycles. The van der Waals surface area contributed by atoms with Crippen LogP contribution in [0.2, 0.25) is 0 Å². The summed E-state index contributed by atoms with van der Waals surface area (Å²) in [7, 11) is 1.18. The van der Waals surface area contributed by atoms with Gasteiger partial charge in [-0.3, -0.25) is 0 Å². The molecule has 0 aromatic heterocycles. The first-order valence-corrected chi connectivity index (χ1v) is 3.83. The van der Waals surface area contributed by atoms with Gasteiger partial charge in [-0.05, 0) is 6.92 Å². The van der Waals surface area contributed by atoms with E-state index < -0.39 is 0 Å². The maximum absolute atomic E-state index is 2.18. The highest BCUT2D eigenvalue weighted by Crippen LogP contribution is 1.88. The minimum absolute atomic E-state index is 0. The Morgan fingerprint density at radius 1 is 1.10 bits per heavy atom. The van der Waals surface area contributed by atoms with E-state index >= 15 is 0 Å². The van der Waals surface area contributed by atoms with E-state index in [0.717, 1.165) is 0 Å². The van der Waals surface area contributed by atoms with Crippen molar-refractivity contribution in [3.05, 3.63) is 29.8 Å². The molecule has 0 aliphatic carbocycles. The lowest BCUT2D eigenvalue weighted by Gasteiger charge is -1.93. The van der Waals surface area contributed by atoms with Crippen molar-refractivity contribution in [1.82, 2.24) is 0 Å². The van der Waals surface area contributed by atoms with Crippen molar-refractivity contribution in [3.63, 3.8) is 0 Å². The fourth-order valence-electron chi connectivity index (χ4n) is 0.663. The molecule has 1 aromatic carbocycles. The molecule has 0 saturated carbocycles. The molecule has 0 fully saturated rings. The van der Waals surface area contributed by atoms with Gasteiger partial charge in [0.15, 0.2) is 0 Å². The van der Waals surface area contributed by atoms with Crippen LogP contribution in [0.15, 0.2) is 24.3 Å². The molecule has 0 aliphatic rings. The summed E-state index contributed by atoms with van der Waals surface area (Å²) < 4.78 is 0. The summed E-state index contributed by atoms with van der Waals surface area (Å²) >= 11 is 0. The number of rotatable bonds is 0. The van der Waals surface area contributed by atoms with Crippen LogP contribution in [0.1, 0.15) is 5.56 Å². The van der Waals surface area contributed by atoms with Crippen molar-refractivity contribution in [2.45, 2.75) is 6.92 Å². The van der Waals surface area contributed by atoms with Crippen LogP contribution in [-0.2, 0) is 0 Å². The van der Waals surface area contributed by atoms with E-state index in [4.69, 9.17) is 0 Å². The minimum Gasteiger partial charge on any atom is -0.147 e. The van der Waals surface area contributed by atoms with E-state index in [1.54, 1.807) is 0 Å². The van der Waals surface area contributed by atoms with Crippen LogP contribution in [0.25, 0.3) is 0 Å². The van der Waals surface area contributed by atoms with E-state index in [1.807, 2.05) is 0 Å². The normalized spacial score (nSPS) is 7.70. The lowest BCUT2D eigenvalue weighted by molar-refractivity contribution is 1.52. The molecule has 10 heavy (non-hydrogen) atoms. The molecule has 0 amide bonds. The summed E-state index contributed by atoms with van der Waals surface area (Å²) in [6.07, 6.45) is 0. The van der Waals surface area contributed by atoms with E-state index in [1.165, 1.54) is 21.0 Å². The third-order valence-corrected chi connectivity index (χ3v) is 2.55. The molecule has 0 unspecified atom stereocenters. The molecule has 0 nitrogen and oxygen atoms in total. The Hall–Kier alpha value is 0.0169. The Morgan fingerprint density at radius 2 is 1.60 bits per heavy atom. The highest BCUT2D eigenvalue weighted by Gasteiger charge is 1.83. The Morgan fingerprint density at radius 3 is 1.90 bits per heavy atom. The predicted molar refractivity (Wildman–Crippen MR) is 55.2 cm³/mol. The third kappa shape index (κ3) is 3.25. The van der Waals surface area contributed by atoms with Crippen molar-refractivity contribution in [3.8, 4) is 0 Å². The molecule has 0 aliphatic heterocycles. The van der Waals surface area contributed by atoms with Gasteiger partial charge in [-0.1, -0.05) is 35.0 Å². The van der Waals surface area contributed by atoms with Crippen molar-refractivity contribution in [1.29, 1.82) is 0 Å². The fourth-order valence-corrected chi connectivity index (χ4v) is 1.02. The predicted octanol–water partition coefficient (Wildman–Crippen LogP) is 0.829. The Kier molecular flexibility index (Phi) is 7.32. The van der Waals surface area contributed by atoms with Gasteiger partial charge in [0.1, 0.15) is 0 Å². The summed E-state index contributed by atoms with van der Waals surface area (Å²) in [5, 5.41) is 1.51. The van der Waals surface area contributed by atoms with Gasteiger partial charge in [-0.15, -0.1) is 24.8 Å². The number of hydrogen-bond donors (Lipinski definition) is 0. The smallest absolute Gasteiger partial charge is 0.0388 e. The van der Waals surface area contributed by atoms with Gasteiger partial charge in [-0.25, -0.2) is 0 Å². The second kappa shape index (κ2) is 5.78. The standard InChI is InChI=1S/C7H10Si.2ClH/c1-6-4-2-3-5-7(6)8;;/h2-5H,1,8H3;2*1H. The number of aryl methyl sites for hydroxylation is 1. The van der Waals surface area contributed by atoms with Crippen molar-refractivity contribution >= 4 is 40.2 Å². The molecule has 0 spiro atoms. The average Bonchev–Trinajstić information content (AvgIpc) is 1.77. The lowest BCUT2D eigenvalue weighted by Crippen LogP contribution is -2.04. The summed E-state index contributed by atoms with van der Waals surface area (Å²) in [6, 6.07) is 8.51. The van der Waals surface area contributed by atoms with Crippen LogP contribution in [0, 0.1) is 6.92 Å². The van der Waals surface area contributed by atoms with Gasteiger partial charge in [0.05, 0.1) is 0 Å². The van der Waals surface area contributed by atoms with Crippen LogP contribution in [0.4, 0.5) is 0 Å². The number of halogens is 2. The molecule has 1 rings (SSSR count). The molecule has 0 radical (unpaired) electrons. The average molecular weight is 195 g/mol. The number of hydrogen-bond acceptors (Lipinski definition) is 0. The Labute approximate surface area is 77.3 Å². The van der Waals surface area contributed by atoms with Crippen LogP contribution < -0.4 is 5.19 Å². The zero-order valence-corrected chi connectivity index (χ0v) is 9.76. The molecular formula is C7H12Cl2Si. The Bertz CT molecular complexity index is 168. The Balaban J connectivity index is 0. The van der Waals surface area contributed by atoms with Crippen LogP contribution in [0.5, 0.6) is 0 Å². The largest absolute Gasteiger partial charge is 0.147 e. The molecule has 3 heteroatoms. The highest BCUT2D eigenvalue weighted by molar-refractivity contribution is 6.33. The zero-order valence-electron chi connectivity index (χ0n) is 6.13. The molecular weight excluding hydrogens is 183 g/mol. The summed E-state index contributed by atoms with van der Waals surface area (Å²) in [4.78, 5) is 0. The second-order valence-electron chi connectivity index (χ2n) is 2.08. The molecule has 58 valence electrons. The molecule has 0 bridgehead atoms. The van der Waals surface area contributed by atoms with Gasteiger partial charge in [0, 0.05) is 10.2 Å². The van der Waals surface area contributed by atoms with Gasteiger partial charge in [0.2, 0.25) is 0 Å². The van der Waals surface area contributed by atoms with Gasteiger partial charge in [-0.2, -0.15) is 0 Å². The zero-order chi connectivity index (χ0) is 5.98. The lowest BCUT2D eigenvalue weighted by atomic mass is 10.2. The van der Waals surface area contributed by atoms with Crippen LogP contribution in [-0.4, -0.2) is 10.2 Å². The van der Waals surface area contributed by atoms with Crippen molar-refractivity contribution in [2.24, 2.45) is 0 Å². The molecule has 0 atom stereocenters. The second-order valence-corrected chi connectivity index (χ2v) is 3.16. The first-order valence-electron chi connectivity index (χ1n) is 2.83. The van der Waals surface area contributed by atoms with Crippen LogP contribution >= 0.6 is 24.8 Å². The SMILES string of the molecule is Cc1ccccc1[SiH3].Cl.Cl. The highest BCUT2D eigenvalue weighted by atomic mass is 35.5. The topological polar surface area (TPSA) is 0 Å². The maximum Gasteiger partial charge on any atom is 0.0388 e. The van der Waals surface area contributed by atoms with Crippen molar-refractivity contribution < 1.29 is 0 Å². The fraction of sp³-hybridized carbons (Fsp3) is 0.143. The monoisotopic (exact) mass is 194 g/mol. The molecule has 0 N–H and O–H groups in total. The number of benzene rings is 1. The molecule has 0 saturated heterocycles. The van der Waals surface area contributed by atoms with Crippen molar-refractivity contribution in [2.75, 3.05) is 0 Å². The quantitative estimate of drug-likeness (QED) is 0.538. The van der Waals surface area contributed by atoms with E-state index in [9.17, 15) is 0 Å². The molecule has 1 aromatic rings. The van der Waals surface area contributed by atoms with Gasteiger partial charge in [0.25, 0.3) is 0 Å². The van der Waals surface area contributed by atoms with Gasteiger partial charge >= 0.3 is 0 Å². The summed E-state index contributed by atoms with van der Waals surface area (Å²) in [6.45, 7) is 2.16. The first kappa shape index (κ1) is 12.7. The van der Waals surface area contributed by atoms with Crippen LogP contribution in [0.3, 0.4) is 0 Å². The third-order valence-electron chi connectivity index (χ3n) is 1.43. The summed E-state index contributed by atoms with van der Waals surface area (Å²) in [5.74, 6) is 0.